The number of nitro groups is 1. The lowest BCUT2D eigenvalue weighted by Gasteiger charge is -2.11. The highest BCUT2D eigenvalue weighted by atomic mass is 19.4. The number of halogens is 4. The van der Waals surface area contributed by atoms with Crippen LogP contribution in [0.3, 0.4) is 0 Å². The van der Waals surface area contributed by atoms with Crippen molar-refractivity contribution in [2.45, 2.75) is 6.18 Å². The predicted octanol–water partition coefficient (Wildman–Crippen LogP) is 5.09. The van der Waals surface area contributed by atoms with Crippen LogP contribution in [0.5, 0.6) is 11.6 Å². The van der Waals surface area contributed by atoms with Crippen molar-refractivity contribution in [3.8, 4) is 11.6 Å². The molecule has 1 aromatic heterocycles. The molecule has 25 heavy (non-hydrogen) atoms. The first-order chi connectivity index (χ1) is 11.8. The highest BCUT2D eigenvalue weighted by Crippen LogP contribution is 2.36. The Kier molecular flexibility index (Phi) is 3.99. The van der Waals surface area contributed by atoms with Crippen molar-refractivity contribution in [3.63, 3.8) is 0 Å². The van der Waals surface area contributed by atoms with E-state index in [9.17, 15) is 27.7 Å². The fourth-order valence-electron chi connectivity index (χ4n) is 2.27. The molecule has 0 aliphatic rings. The highest BCUT2D eigenvalue weighted by Gasteiger charge is 2.31. The number of nitro benzene ring substituents is 1. The van der Waals surface area contributed by atoms with Gasteiger partial charge in [-0.1, -0.05) is 6.07 Å². The molecular weight excluding hydrogens is 344 g/mol. The summed E-state index contributed by atoms with van der Waals surface area (Å²) >= 11 is 0. The van der Waals surface area contributed by atoms with E-state index in [0.717, 1.165) is 0 Å². The van der Waals surface area contributed by atoms with E-state index in [-0.39, 0.29) is 22.3 Å². The van der Waals surface area contributed by atoms with Crippen LogP contribution >= 0.6 is 0 Å². The van der Waals surface area contributed by atoms with E-state index in [4.69, 9.17) is 4.74 Å². The molecule has 0 atom stereocenters. The molecule has 0 fully saturated rings. The Hall–Kier alpha value is -3.23. The van der Waals surface area contributed by atoms with Crippen molar-refractivity contribution < 1.29 is 27.2 Å². The Labute approximate surface area is 137 Å². The number of ether oxygens (including phenoxy) is 1. The molecule has 0 saturated heterocycles. The summed E-state index contributed by atoms with van der Waals surface area (Å²) in [5.41, 5.74) is -1.32. The zero-order valence-corrected chi connectivity index (χ0v) is 12.2. The summed E-state index contributed by atoms with van der Waals surface area (Å²) in [5, 5.41) is 11.4. The van der Waals surface area contributed by atoms with Crippen LogP contribution < -0.4 is 4.74 Å². The van der Waals surface area contributed by atoms with Gasteiger partial charge in [-0.25, -0.2) is 9.37 Å². The molecule has 5 nitrogen and oxygen atoms in total. The van der Waals surface area contributed by atoms with E-state index in [0.29, 0.717) is 18.2 Å². The fraction of sp³-hybridized carbons (Fsp3) is 0.0625. The number of hydrogen-bond donors (Lipinski definition) is 0. The van der Waals surface area contributed by atoms with Gasteiger partial charge in [0.25, 0.3) is 5.69 Å². The zero-order chi connectivity index (χ0) is 18.2. The van der Waals surface area contributed by atoms with Crippen LogP contribution in [-0.2, 0) is 6.18 Å². The Morgan fingerprint density at radius 2 is 1.84 bits per heavy atom. The molecule has 0 bridgehead atoms. The monoisotopic (exact) mass is 352 g/mol. The zero-order valence-electron chi connectivity index (χ0n) is 12.2. The Bertz CT molecular complexity index is 973. The number of fused-ring (bicyclic) bond motifs is 1. The molecule has 0 amide bonds. The average Bonchev–Trinajstić information content (AvgIpc) is 2.55. The maximum atomic E-state index is 13.8. The molecule has 2 aromatic carbocycles. The van der Waals surface area contributed by atoms with Crippen LogP contribution in [0.4, 0.5) is 23.2 Å². The van der Waals surface area contributed by atoms with Gasteiger partial charge in [-0.2, -0.15) is 13.2 Å². The number of hydrogen-bond acceptors (Lipinski definition) is 4. The number of alkyl halides is 3. The second kappa shape index (κ2) is 6.00. The Morgan fingerprint density at radius 1 is 1.08 bits per heavy atom. The number of benzene rings is 2. The van der Waals surface area contributed by atoms with Gasteiger partial charge in [-0.15, -0.1) is 0 Å². The van der Waals surface area contributed by atoms with Gasteiger partial charge in [0, 0.05) is 12.3 Å². The maximum Gasteiger partial charge on any atom is 0.416 e. The van der Waals surface area contributed by atoms with Gasteiger partial charge < -0.3 is 4.74 Å². The summed E-state index contributed by atoms with van der Waals surface area (Å²) in [7, 11) is 0. The molecule has 0 radical (unpaired) electrons. The summed E-state index contributed by atoms with van der Waals surface area (Å²) in [6.07, 6.45) is -3.48. The van der Waals surface area contributed by atoms with Crippen LogP contribution in [0.1, 0.15) is 5.56 Å². The third-order valence-corrected chi connectivity index (χ3v) is 3.41. The van der Waals surface area contributed by atoms with Crippen LogP contribution in [0.15, 0.2) is 48.7 Å². The molecule has 0 aliphatic heterocycles. The number of rotatable bonds is 3. The first-order valence-corrected chi connectivity index (χ1v) is 6.84. The van der Waals surface area contributed by atoms with Crippen molar-refractivity contribution in [2.24, 2.45) is 0 Å². The topological polar surface area (TPSA) is 65.3 Å². The smallest absolute Gasteiger partial charge is 0.416 e. The molecule has 3 aromatic rings. The van der Waals surface area contributed by atoms with Crippen molar-refractivity contribution in [2.75, 3.05) is 0 Å². The lowest BCUT2D eigenvalue weighted by molar-refractivity contribution is -0.383. The van der Waals surface area contributed by atoms with Crippen LogP contribution in [0.25, 0.3) is 10.8 Å². The summed E-state index contributed by atoms with van der Waals surface area (Å²) in [6.45, 7) is 0. The lowest BCUT2D eigenvalue weighted by atomic mass is 10.1. The van der Waals surface area contributed by atoms with Crippen molar-refractivity contribution >= 4 is 16.5 Å². The van der Waals surface area contributed by atoms with E-state index < -0.39 is 28.2 Å². The SMILES string of the molecule is O=[N+]([O-])c1cccc2c(Oc3cc(C(F)(F)F)ccc3F)nccc12. The molecular formula is C16H8F4N2O3. The minimum absolute atomic E-state index is 0.171. The van der Waals surface area contributed by atoms with Gasteiger partial charge in [0.2, 0.25) is 5.88 Å². The number of pyridine rings is 1. The number of aromatic nitrogens is 1. The average molecular weight is 352 g/mol. The normalized spacial score (nSPS) is 11.5. The molecule has 9 heteroatoms. The lowest BCUT2D eigenvalue weighted by Crippen LogP contribution is -2.05. The summed E-state index contributed by atoms with van der Waals surface area (Å²) in [4.78, 5) is 14.3. The van der Waals surface area contributed by atoms with Crippen molar-refractivity contribution in [3.05, 3.63) is 70.2 Å². The summed E-state index contributed by atoms with van der Waals surface area (Å²) in [5.74, 6) is -1.93. The van der Waals surface area contributed by atoms with Gasteiger partial charge in [-0.3, -0.25) is 10.1 Å². The minimum atomic E-state index is -4.67. The van der Waals surface area contributed by atoms with Crippen molar-refractivity contribution in [1.82, 2.24) is 4.98 Å². The molecule has 0 saturated carbocycles. The predicted molar refractivity (Wildman–Crippen MR) is 79.9 cm³/mol. The Morgan fingerprint density at radius 3 is 2.52 bits per heavy atom. The van der Waals surface area contributed by atoms with E-state index in [2.05, 4.69) is 4.98 Å². The van der Waals surface area contributed by atoms with Crippen LogP contribution in [-0.4, -0.2) is 9.91 Å². The second-order valence-electron chi connectivity index (χ2n) is 4.99. The highest BCUT2D eigenvalue weighted by molar-refractivity contribution is 5.94. The van der Waals surface area contributed by atoms with Gasteiger partial charge in [-0.05, 0) is 30.3 Å². The fourth-order valence-corrected chi connectivity index (χ4v) is 2.27. The molecule has 128 valence electrons. The Balaban J connectivity index is 2.10. The third kappa shape index (κ3) is 3.21. The van der Waals surface area contributed by atoms with E-state index in [1.165, 1.54) is 30.5 Å². The van der Waals surface area contributed by atoms with Gasteiger partial charge in [0.15, 0.2) is 11.6 Å². The molecule has 1 heterocycles. The quantitative estimate of drug-likeness (QED) is 0.374. The number of nitrogens with zero attached hydrogens (tertiary/aromatic N) is 2. The summed E-state index contributed by atoms with van der Waals surface area (Å²) in [6, 6.07) is 7.16. The third-order valence-electron chi connectivity index (χ3n) is 3.41. The number of non-ortho nitro benzene ring substituents is 1. The van der Waals surface area contributed by atoms with E-state index in [1.807, 2.05) is 0 Å². The van der Waals surface area contributed by atoms with E-state index >= 15 is 0 Å². The van der Waals surface area contributed by atoms with Crippen molar-refractivity contribution in [1.29, 1.82) is 0 Å². The van der Waals surface area contributed by atoms with Gasteiger partial charge in [0.05, 0.1) is 21.3 Å². The first-order valence-electron chi connectivity index (χ1n) is 6.84. The van der Waals surface area contributed by atoms with E-state index in [1.54, 1.807) is 0 Å². The molecule has 0 unspecified atom stereocenters. The standard InChI is InChI=1S/C16H8F4N2O3/c17-12-5-4-9(16(18,19)20)8-14(12)25-15-11-2-1-3-13(22(23)24)10(11)6-7-21-15/h1-8H. The van der Waals surface area contributed by atoms with Gasteiger partial charge in [0.1, 0.15) is 0 Å². The first kappa shape index (κ1) is 16.6. The molecule has 0 N–H and O–H groups in total. The van der Waals surface area contributed by atoms with Gasteiger partial charge >= 0.3 is 6.18 Å². The summed E-state index contributed by atoms with van der Waals surface area (Å²) < 4.78 is 57.3. The molecule has 0 aliphatic carbocycles. The van der Waals surface area contributed by atoms with Crippen LogP contribution in [0.2, 0.25) is 0 Å². The molecule has 3 rings (SSSR count). The van der Waals surface area contributed by atoms with Crippen LogP contribution in [0, 0.1) is 15.9 Å². The maximum absolute atomic E-state index is 13.8. The molecule has 0 spiro atoms. The minimum Gasteiger partial charge on any atom is -0.435 e. The largest absolute Gasteiger partial charge is 0.435 e. The second-order valence-corrected chi connectivity index (χ2v) is 4.99.